The molecular weight excluding hydrogens is 276 g/mol. The molecule has 0 radical (unpaired) electrons. The third kappa shape index (κ3) is 3.04. The van der Waals surface area contributed by atoms with Gasteiger partial charge in [0.2, 0.25) is 5.91 Å². The Morgan fingerprint density at radius 1 is 1.27 bits per heavy atom. The number of rotatable bonds is 4. The highest BCUT2D eigenvalue weighted by Gasteiger charge is 2.28. The zero-order valence-electron chi connectivity index (χ0n) is 13.0. The largest absolute Gasteiger partial charge is 0.322 e. The highest BCUT2D eigenvalue weighted by Crippen LogP contribution is 2.26. The van der Waals surface area contributed by atoms with Crippen molar-refractivity contribution < 1.29 is 4.79 Å². The molecule has 5 nitrogen and oxygen atoms in total. The van der Waals surface area contributed by atoms with Crippen molar-refractivity contribution in [3.05, 3.63) is 36.5 Å². The topological polar surface area (TPSA) is 61.0 Å². The molecule has 0 aliphatic carbocycles. The number of carbonyl (C=O) groups is 1. The lowest BCUT2D eigenvalue weighted by Crippen LogP contribution is -2.39. The Morgan fingerprint density at radius 2 is 1.95 bits per heavy atom. The molecule has 5 heteroatoms. The Morgan fingerprint density at radius 3 is 2.64 bits per heavy atom. The van der Waals surface area contributed by atoms with Crippen LogP contribution in [-0.4, -0.2) is 39.6 Å². The van der Waals surface area contributed by atoms with Crippen LogP contribution >= 0.6 is 0 Å². The van der Waals surface area contributed by atoms with Crippen molar-refractivity contribution in [3.8, 4) is 11.3 Å². The molecule has 2 atom stereocenters. The number of aromatic amines is 1. The summed E-state index contributed by atoms with van der Waals surface area (Å²) in [4.78, 5) is 14.6. The zero-order chi connectivity index (χ0) is 15.5. The van der Waals surface area contributed by atoms with Crippen LogP contribution in [0.5, 0.6) is 0 Å². The maximum absolute atomic E-state index is 12.3. The summed E-state index contributed by atoms with van der Waals surface area (Å²) in [6.45, 7) is 4.80. The monoisotopic (exact) mass is 298 g/mol. The van der Waals surface area contributed by atoms with Gasteiger partial charge in [-0.25, -0.2) is 0 Å². The quantitative estimate of drug-likeness (QED) is 0.912. The molecule has 1 fully saturated rings. The van der Waals surface area contributed by atoms with Gasteiger partial charge in [-0.1, -0.05) is 30.3 Å². The van der Waals surface area contributed by atoms with Crippen LogP contribution in [-0.2, 0) is 4.79 Å². The number of carbonyl (C=O) groups excluding carboxylic acids is 1. The van der Waals surface area contributed by atoms with Crippen LogP contribution in [0.25, 0.3) is 11.3 Å². The molecular formula is C17H22N4O. The van der Waals surface area contributed by atoms with Crippen molar-refractivity contribution in [2.75, 3.05) is 11.9 Å². The van der Waals surface area contributed by atoms with Gasteiger partial charge < -0.3 is 5.32 Å². The number of amides is 1. The molecule has 0 saturated carbocycles. The summed E-state index contributed by atoms with van der Waals surface area (Å²) >= 11 is 0. The third-order valence-electron chi connectivity index (χ3n) is 4.44. The summed E-state index contributed by atoms with van der Waals surface area (Å²) in [7, 11) is 0. The van der Waals surface area contributed by atoms with E-state index in [2.05, 4.69) is 34.3 Å². The first-order valence-corrected chi connectivity index (χ1v) is 7.79. The van der Waals surface area contributed by atoms with Crippen LogP contribution in [0.1, 0.15) is 26.7 Å². The molecule has 1 aliphatic heterocycles. The number of nitrogens with zero attached hydrogens (tertiary/aromatic N) is 2. The van der Waals surface area contributed by atoms with Gasteiger partial charge in [0.15, 0.2) is 0 Å². The van der Waals surface area contributed by atoms with Crippen molar-refractivity contribution in [2.45, 2.75) is 38.8 Å². The number of nitrogens with one attached hydrogen (secondary N) is 2. The van der Waals surface area contributed by atoms with E-state index >= 15 is 0 Å². The smallest absolute Gasteiger partial charge is 0.238 e. The Kier molecular flexibility index (Phi) is 4.24. The van der Waals surface area contributed by atoms with Gasteiger partial charge >= 0.3 is 0 Å². The van der Waals surface area contributed by atoms with Crippen LogP contribution in [0.4, 0.5) is 5.69 Å². The summed E-state index contributed by atoms with van der Waals surface area (Å²) in [5.41, 5.74) is 2.59. The highest BCUT2D eigenvalue weighted by atomic mass is 16.2. The van der Waals surface area contributed by atoms with E-state index in [-0.39, 0.29) is 5.91 Å². The Labute approximate surface area is 130 Å². The van der Waals surface area contributed by atoms with Crippen molar-refractivity contribution >= 4 is 11.6 Å². The first kappa shape index (κ1) is 14.8. The van der Waals surface area contributed by atoms with E-state index in [0.29, 0.717) is 18.6 Å². The Hall–Kier alpha value is -2.14. The van der Waals surface area contributed by atoms with Crippen molar-refractivity contribution in [1.82, 2.24) is 15.1 Å². The fraction of sp³-hybridized carbons (Fsp3) is 0.412. The predicted molar refractivity (Wildman–Crippen MR) is 87.5 cm³/mol. The number of H-pyrrole nitrogens is 1. The van der Waals surface area contributed by atoms with Gasteiger partial charge in [-0.3, -0.25) is 14.8 Å². The minimum absolute atomic E-state index is 0.0131. The number of likely N-dealkylation sites (tertiary alicyclic amines) is 1. The molecule has 1 aromatic heterocycles. The minimum atomic E-state index is 0.0131. The maximum atomic E-state index is 12.3. The van der Waals surface area contributed by atoms with Gasteiger partial charge in [-0.15, -0.1) is 0 Å². The standard InChI is InChI=1S/C17H22N4O/c1-12-8-9-13(2)21(12)11-16(22)19-15-10-18-20-17(15)14-6-4-3-5-7-14/h3-7,10,12-13H,8-9,11H2,1-2H3,(H,18,20)(H,19,22). The number of hydrogen-bond donors (Lipinski definition) is 2. The van der Waals surface area contributed by atoms with E-state index < -0.39 is 0 Å². The lowest BCUT2D eigenvalue weighted by molar-refractivity contribution is -0.117. The number of aromatic nitrogens is 2. The van der Waals surface area contributed by atoms with E-state index in [1.54, 1.807) is 6.20 Å². The molecule has 1 saturated heterocycles. The second kappa shape index (κ2) is 6.32. The van der Waals surface area contributed by atoms with Crippen LogP contribution in [0.15, 0.2) is 36.5 Å². The second-order valence-corrected chi connectivity index (χ2v) is 6.02. The maximum Gasteiger partial charge on any atom is 0.238 e. The molecule has 3 rings (SSSR count). The molecule has 0 spiro atoms. The van der Waals surface area contributed by atoms with Gasteiger partial charge in [0.1, 0.15) is 0 Å². The SMILES string of the molecule is CC1CCC(C)N1CC(=O)Nc1cn[nH]c1-c1ccccc1. The van der Waals surface area contributed by atoms with Gasteiger partial charge in [-0.2, -0.15) is 5.10 Å². The number of hydrogen-bond acceptors (Lipinski definition) is 3. The molecule has 2 unspecified atom stereocenters. The fourth-order valence-electron chi connectivity index (χ4n) is 3.12. The van der Waals surface area contributed by atoms with Crippen molar-refractivity contribution in [2.24, 2.45) is 0 Å². The van der Waals surface area contributed by atoms with E-state index in [0.717, 1.165) is 29.8 Å². The highest BCUT2D eigenvalue weighted by molar-refractivity contribution is 5.95. The van der Waals surface area contributed by atoms with Crippen LogP contribution in [0, 0.1) is 0 Å². The summed E-state index contributed by atoms with van der Waals surface area (Å²) in [5, 5.41) is 10.0. The van der Waals surface area contributed by atoms with Crippen molar-refractivity contribution in [1.29, 1.82) is 0 Å². The van der Waals surface area contributed by atoms with Gasteiger partial charge in [0, 0.05) is 17.6 Å². The first-order valence-electron chi connectivity index (χ1n) is 7.79. The zero-order valence-corrected chi connectivity index (χ0v) is 13.0. The molecule has 0 bridgehead atoms. The molecule has 1 aliphatic rings. The number of anilines is 1. The summed E-state index contributed by atoms with van der Waals surface area (Å²) in [6.07, 6.45) is 3.99. The van der Waals surface area contributed by atoms with E-state index in [9.17, 15) is 4.79 Å². The van der Waals surface area contributed by atoms with Gasteiger partial charge in [0.25, 0.3) is 0 Å². The lowest BCUT2D eigenvalue weighted by Gasteiger charge is -2.25. The second-order valence-electron chi connectivity index (χ2n) is 6.02. The van der Waals surface area contributed by atoms with Crippen molar-refractivity contribution in [3.63, 3.8) is 0 Å². The van der Waals surface area contributed by atoms with E-state index in [1.165, 1.54) is 0 Å². The molecule has 1 aromatic carbocycles. The summed E-state index contributed by atoms with van der Waals surface area (Å²) in [5.74, 6) is 0.0131. The molecule has 2 N–H and O–H groups in total. The summed E-state index contributed by atoms with van der Waals surface area (Å²) in [6, 6.07) is 10.8. The fourth-order valence-corrected chi connectivity index (χ4v) is 3.12. The van der Waals surface area contributed by atoms with Crippen LogP contribution < -0.4 is 5.32 Å². The van der Waals surface area contributed by atoms with Crippen LogP contribution in [0.3, 0.4) is 0 Å². The average molecular weight is 298 g/mol. The van der Waals surface area contributed by atoms with E-state index in [1.807, 2.05) is 30.3 Å². The van der Waals surface area contributed by atoms with Crippen LogP contribution in [0.2, 0.25) is 0 Å². The molecule has 116 valence electrons. The van der Waals surface area contributed by atoms with Gasteiger partial charge in [0.05, 0.1) is 24.1 Å². The molecule has 1 amide bonds. The normalized spacial score (nSPS) is 21.9. The van der Waals surface area contributed by atoms with E-state index in [4.69, 9.17) is 0 Å². The summed E-state index contributed by atoms with van der Waals surface area (Å²) < 4.78 is 0. The molecule has 2 heterocycles. The first-order chi connectivity index (χ1) is 10.6. The average Bonchev–Trinajstić information content (AvgIpc) is 3.10. The Balaban J connectivity index is 1.69. The predicted octanol–water partition coefficient (Wildman–Crippen LogP) is 2.89. The molecule has 2 aromatic rings. The lowest BCUT2D eigenvalue weighted by atomic mass is 10.1. The number of benzene rings is 1. The van der Waals surface area contributed by atoms with Gasteiger partial charge in [-0.05, 0) is 26.7 Å². The third-order valence-corrected chi connectivity index (χ3v) is 4.44. The molecule has 22 heavy (non-hydrogen) atoms. The Bertz CT molecular complexity index is 627. The minimum Gasteiger partial charge on any atom is -0.322 e.